The van der Waals surface area contributed by atoms with Gasteiger partial charge in [0.15, 0.2) is 0 Å². The molecule has 0 bridgehead atoms. The van der Waals surface area contributed by atoms with Gasteiger partial charge in [0.25, 0.3) is 5.91 Å². The van der Waals surface area contributed by atoms with E-state index in [1.165, 1.54) is 0 Å². The third-order valence-electron chi connectivity index (χ3n) is 6.94. The first-order chi connectivity index (χ1) is 14.2. The van der Waals surface area contributed by atoms with Gasteiger partial charge in [-0.05, 0) is 55.1 Å². The number of carbonyl (C=O) groups is 2. The third-order valence-corrected chi connectivity index (χ3v) is 6.94. The molecule has 0 aromatic carbocycles. The molecule has 5 rings (SSSR count). The Labute approximate surface area is 170 Å². The van der Waals surface area contributed by atoms with Gasteiger partial charge in [-0.25, -0.2) is 4.98 Å². The average Bonchev–Trinajstić information content (AvgIpc) is 3.11. The standard InChI is InChI=1S/C22H28N4O3/c27-21(11-15-4-9-29-10-5-15)26-13-18-17(19(18)14-26)3-6-24-22(28)16-1-2-20-23-7-8-25(20)12-16/h1-2,7-8,12,15,17-19H,3-6,9-11,13-14H2,(H,24,28). The number of ether oxygens (including phenoxy) is 1. The van der Waals surface area contributed by atoms with Crippen LogP contribution < -0.4 is 5.32 Å². The van der Waals surface area contributed by atoms with Crippen molar-refractivity contribution in [1.29, 1.82) is 0 Å². The number of nitrogens with one attached hydrogen (secondary N) is 1. The number of nitrogens with zero attached hydrogens (tertiary/aromatic N) is 3. The van der Waals surface area contributed by atoms with E-state index in [9.17, 15) is 9.59 Å². The molecule has 2 amide bonds. The third kappa shape index (κ3) is 3.88. The van der Waals surface area contributed by atoms with E-state index in [0.717, 1.165) is 51.2 Å². The zero-order valence-corrected chi connectivity index (χ0v) is 16.6. The van der Waals surface area contributed by atoms with Gasteiger partial charge in [0.2, 0.25) is 5.91 Å². The Hall–Kier alpha value is -2.41. The van der Waals surface area contributed by atoms with E-state index >= 15 is 0 Å². The summed E-state index contributed by atoms with van der Waals surface area (Å²) in [6.07, 6.45) is 9.09. The summed E-state index contributed by atoms with van der Waals surface area (Å²) in [6.45, 7) is 4.10. The molecule has 2 saturated heterocycles. The molecular formula is C22H28N4O3. The van der Waals surface area contributed by atoms with E-state index < -0.39 is 0 Å². The molecule has 2 aromatic rings. The first-order valence-electron chi connectivity index (χ1n) is 10.8. The lowest BCUT2D eigenvalue weighted by Crippen LogP contribution is -2.34. The smallest absolute Gasteiger partial charge is 0.252 e. The minimum atomic E-state index is -0.0420. The number of fused-ring (bicyclic) bond motifs is 2. The van der Waals surface area contributed by atoms with Gasteiger partial charge in [-0.1, -0.05) is 0 Å². The average molecular weight is 396 g/mol. The second-order valence-corrected chi connectivity index (χ2v) is 8.71. The van der Waals surface area contributed by atoms with E-state index in [1.54, 1.807) is 6.20 Å². The largest absolute Gasteiger partial charge is 0.381 e. The van der Waals surface area contributed by atoms with Crippen molar-refractivity contribution in [2.45, 2.75) is 25.7 Å². The van der Waals surface area contributed by atoms with Crippen molar-refractivity contribution in [3.8, 4) is 0 Å². The number of hydrogen-bond donors (Lipinski definition) is 1. The van der Waals surface area contributed by atoms with Crippen LogP contribution in [0.5, 0.6) is 0 Å². The Morgan fingerprint density at radius 3 is 2.76 bits per heavy atom. The van der Waals surface area contributed by atoms with Crippen molar-refractivity contribution in [1.82, 2.24) is 19.6 Å². The Morgan fingerprint density at radius 2 is 1.97 bits per heavy atom. The maximum Gasteiger partial charge on any atom is 0.252 e. The van der Waals surface area contributed by atoms with Gasteiger partial charge in [0.1, 0.15) is 5.65 Å². The highest BCUT2D eigenvalue weighted by molar-refractivity contribution is 5.94. The van der Waals surface area contributed by atoms with Gasteiger partial charge >= 0.3 is 0 Å². The lowest BCUT2D eigenvalue weighted by atomic mass is 9.96. The highest BCUT2D eigenvalue weighted by Crippen LogP contribution is 2.53. The summed E-state index contributed by atoms with van der Waals surface area (Å²) in [6, 6.07) is 3.66. The molecule has 29 heavy (non-hydrogen) atoms. The zero-order valence-electron chi connectivity index (χ0n) is 16.6. The molecule has 154 valence electrons. The zero-order chi connectivity index (χ0) is 19.8. The van der Waals surface area contributed by atoms with E-state index in [0.29, 0.717) is 48.1 Å². The molecule has 0 radical (unpaired) electrons. The minimum absolute atomic E-state index is 0.0420. The number of amides is 2. The predicted molar refractivity (Wildman–Crippen MR) is 107 cm³/mol. The summed E-state index contributed by atoms with van der Waals surface area (Å²) in [4.78, 5) is 31.2. The fraction of sp³-hybridized carbons (Fsp3) is 0.591. The number of piperidine rings is 1. The quantitative estimate of drug-likeness (QED) is 0.810. The fourth-order valence-corrected chi connectivity index (χ4v) is 5.12. The van der Waals surface area contributed by atoms with Crippen LogP contribution in [0.3, 0.4) is 0 Å². The minimum Gasteiger partial charge on any atom is -0.381 e. The van der Waals surface area contributed by atoms with Crippen LogP contribution in [0.1, 0.15) is 36.0 Å². The molecule has 1 aliphatic carbocycles. The lowest BCUT2D eigenvalue weighted by Gasteiger charge is -2.25. The topological polar surface area (TPSA) is 75.9 Å². The number of carbonyl (C=O) groups excluding carboxylic acids is 2. The fourth-order valence-electron chi connectivity index (χ4n) is 5.12. The molecule has 7 heteroatoms. The van der Waals surface area contributed by atoms with Crippen molar-refractivity contribution in [2.75, 3.05) is 32.8 Å². The molecule has 2 aliphatic heterocycles. The van der Waals surface area contributed by atoms with Crippen LogP contribution in [-0.2, 0) is 9.53 Å². The van der Waals surface area contributed by atoms with Crippen LogP contribution in [0.2, 0.25) is 0 Å². The van der Waals surface area contributed by atoms with Crippen LogP contribution in [0.4, 0.5) is 0 Å². The Kier molecular flexibility index (Phi) is 4.99. The maximum absolute atomic E-state index is 12.5. The van der Waals surface area contributed by atoms with Crippen molar-refractivity contribution in [2.24, 2.45) is 23.7 Å². The number of pyridine rings is 1. The molecule has 1 saturated carbocycles. The molecule has 4 heterocycles. The van der Waals surface area contributed by atoms with Crippen LogP contribution in [0, 0.1) is 23.7 Å². The first-order valence-corrected chi connectivity index (χ1v) is 10.8. The van der Waals surface area contributed by atoms with Gasteiger partial charge in [-0.3, -0.25) is 9.59 Å². The number of hydrogen-bond acceptors (Lipinski definition) is 4. The molecule has 0 spiro atoms. The van der Waals surface area contributed by atoms with Crippen LogP contribution in [0.25, 0.3) is 5.65 Å². The first kappa shape index (κ1) is 18.6. The second kappa shape index (κ2) is 7.78. The summed E-state index contributed by atoms with van der Waals surface area (Å²) in [5, 5.41) is 3.04. The van der Waals surface area contributed by atoms with Crippen LogP contribution in [0.15, 0.2) is 30.7 Å². The summed E-state index contributed by atoms with van der Waals surface area (Å²) in [5.41, 5.74) is 1.49. The van der Waals surface area contributed by atoms with E-state index in [2.05, 4.69) is 15.2 Å². The molecule has 3 aliphatic rings. The van der Waals surface area contributed by atoms with Crippen LogP contribution in [-0.4, -0.2) is 58.9 Å². The Morgan fingerprint density at radius 1 is 1.17 bits per heavy atom. The predicted octanol–water partition coefficient (Wildman–Crippen LogP) is 1.98. The Balaban J connectivity index is 1.03. The summed E-state index contributed by atoms with van der Waals surface area (Å²) >= 11 is 0. The molecule has 7 nitrogen and oxygen atoms in total. The van der Waals surface area contributed by atoms with Crippen molar-refractivity contribution in [3.05, 3.63) is 36.3 Å². The number of imidazole rings is 1. The van der Waals surface area contributed by atoms with Crippen LogP contribution >= 0.6 is 0 Å². The van der Waals surface area contributed by atoms with Crippen molar-refractivity contribution >= 4 is 17.5 Å². The van der Waals surface area contributed by atoms with Gasteiger partial charge in [-0.2, -0.15) is 0 Å². The van der Waals surface area contributed by atoms with Crippen molar-refractivity contribution < 1.29 is 14.3 Å². The maximum atomic E-state index is 12.5. The number of aromatic nitrogens is 2. The summed E-state index contributed by atoms with van der Waals surface area (Å²) in [7, 11) is 0. The van der Waals surface area contributed by atoms with E-state index in [1.807, 2.05) is 28.9 Å². The highest BCUT2D eigenvalue weighted by Gasteiger charge is 2.55. The summed E-state index contributed by atoms with van der Waals surface area (Å²) < 4.78 is 7.24. The van der Waals surface area contributed by atoms with E-state index in [-0.39, 0.29) is 5.91 Å². The molecule has 2 aromatic heterocycles. The Bertz CT molecular complexity index is 892. The molecule has 2 atom stereocenters. The van der Waals surface area contributed by atoms with Gasteiger partial charge in [-0.15, -0.1) is 0 Å². The molecule has 1 N–H and O–H groups in total. The summed E-state index contributed by atoms with van der Waals surface area (Å²) in [5.74, 6) is 2.70. The SMILES string of the molecule is O=C(NCCC1C2CN(C(=O)CC3CCOCC3)CC12)c1ccc2nccn2c1. The molecular weight excluding hydrogens is 368 g/mol. The second-order valence-electron chi connectivity index (χ2n) is 8.71. The van der Waals surface area contributed by atoms with Gasteiger partial charge in [0, 0.05) is 57.9 Å². The number of rotatable bonds is 6. The lowest BCUT2D eigenvalue weighted by molar-refractivity contribution is -0.132. The van der Waals surface area contributed by atoms with Gasteiger partial charge < -0.3 is 19.4 Å². The van der Waals surface area contributed by atoms with Gasteiger partial charge in [0.05, 0.1) is 5.56 Å². The van der Waals surface area contributed by atoms with E-state index in [4.69, 9.17) is 4.74 Å². The highest BCUT2D eigenvalue weighted by atomic mass is 16.5. The number of likely N-dealkylation sites (tertiary alicyclic amines) is 1. The van der Waals surface area contributed by atoms with Crippen molar-refractivity contribution in [3.63, 3.8) is 0 Å². The monoisotopic (exact) mass is 396 g/mol. The normalized spacial score (nSPS) is 26.5. The molecule has 2 unspecified atom stereocenters. The molecule has 3 fully saturated rings.